The van der Waals surface area contributed by atoms with Gasteiger partial charge in [-0.25, -0.2) is 9.97 Å². The Hall–Kier alpha value is -2.50. The van der Waals surface area contributed by atoms with E-state index in [9.17, 15) is 9.59 Å². The largest absolute Gasteiger partial charge is 0.459 e. The summed E-state index contributed by atoms with van der Waals surface area (Å²) in [5.74, 6) is -0.112. The maximum atomic E-state index is 11.8. The predicted molar refractivity (Wildman–Crippen MR) is 98.0 cm³/mol. The first-order valence-electron chi connectivity index (χ1n) is 8.91. The molecule has 1 aromatic heterocycles. The monoisotopic (exact) mass is 358 g/mol. The van der Waals surface area contributed by atoms with E-state index >= 15 is 0 Å². The SMILES string of the molecule is CC(C)CC(=O)OCc1nc2ccccc2nc1COC(=O)CC(C)C. The molecule has 1 aromatic carbocycles. The average Bonchev–Trinajstić information content (AvgIpc) is 2.56. The highest BCUT2D eigenvalue weighted by Gasteiger charge is 2.15. The molecule has 0 N–H and O–H groups in total. The number of rotatable bonds is 8. The molecule has 2 aromatic rings. The van der Waals surface area contributed by atoms with Gasteiger partial charge in [0.15, 0.2) is 0 Å². The van der Waals surface area contributed by atoms with Crippen molar-refractivity contribution in [3.8, 4) is 0 Å². The molecule has 0 amide bonds. The molecule has 0 saturated carbocycles. The molecule has 0 aliphatic carbocycles. The summed E-state index contributed by atoms with van der Waals surface area (Å²) < 4.78 is 10.6. The lowest BCUT2D eigenvalue weighted by Gasteiger charge is -2.12. The van der Waals surface area contributed by atoms with Gasteiger partial charge in [0.25, 0.3) is 0 Å². The zero-order valence-corrected chi connectivity index (χ0v) is 15.8. The zero-order valence-electron chi connectivity index (χ0n) is 15.8. The summed E-state index contributed by atoms with van der Waals surface area (Å²) in [4.78, 5) is 32.7. The summed E-state index contributed by atoms with van der Waals surface area (Å²) in [6.07, 6.45) is 0.694. The van der Waals surface area contributed by atoms with Crippen LogP contribution in [0.4, 0.5) is 0 Å². The molecule has 1 heterocycles. The summed E-state index contributed by atoms with van der Waals surface area (Å²) in [6.45, 7) is 7.85. The second-order valence-corrected chi connectivity index (χ2v) is 7.12. The third-order valence-corrected chi connectivity index (χ3v) is 3.62. The van der Waals surface area contributed by atoms with Crippen LogP contribution in [0.15, 0.2) is 24.3 Å². The molecular weight excluding hydrogens is 332 g/mol. The van der Waals surface area contributed by atoms with Crippen molar-refractivity contribution in [3.05, 3.63) is 35.7 Å². The number of nitrogens with zero attached hydrogens (tertiary/aromatic N) is 2. The molecular formula is C20H26N2O4. The van der Waals surface area contributed by atoms with E-state index < -0.39 is 0 Å². The summed E-state index contributed by atoms with van der Waals surface area (Å²) >= 11 is 0. The van der Waals surface area contributed by atoms with Gasteiger partial charge in [0.05, 0.1) is 11.0 Å². The number of benzene rings is 1. The molecule has 6 heteroatoms. The lowest BCUT2D eigenvalue weighted by atomic mass is 10.1. The van der Waals surface area contributed by atoms with Crippen molar-refractivity contribution in [1.29, 1.82) is 0 Å². The van der Waals surface area contributed by atoms with E-state index in [0.29, 0.717) is 35.3 Å². The van der Waals surface area contributed by atoms with Gasteiger partial charge < -0.3 is 9.47 Å². The number of para-hydroxylation sites is 2. The van der Waals surface area contributed by atoms with Crippen LogP contribution in [-0.4, -0.2) is 21.9 Å². The Bertz CT molecular complexity index is 707. The number of ether oxygens (including phenoxy) is 2. The third kappa shape index (κ3) is 6.10. The van der Waals surface area contributed by atoms with Crippen LogP contribution in [0.3, 0.4) is 0 Å². The van der Waals surface area contributed by atoms with Gasteiger partial charge in [0, 0.05) is 12.8 Å². The van der Waals surface area contributed by atoms with Crippen molar-refractivity contribution < 1.29 is 19.1 Å². The number of carbonyl (C=O) groups excluding carboxylic acids is 2. The third-order valence-electron chi connectivity index (χ3n) is 3.62. The van der Waals surface area contributed by atoms with Crippen molar-refractivity contribution in [3.63, 3.8) is 0 Å². The maximum absolute atomic E-state index is 11.8. The molecule has 0 aliphatic rings. The van der Waals surface area contributed by atoms with Crippen molar-refractivity contribution in [2.45, 2.75) is 53.8 Å². The van der Waals surface area contributed by atoms with Crippen LogP contribution in [0, 0.1) is 11.8 Å². The van der Waals surface area contributed by atoms with Gasteiger partial charge in [-0.15, -0.1) is 0 Å². The van der Waals surface area contributed by atoms with Crippen LogP contribution < -0.4 is 0 Å². The van der Waals surface area contributed by atoms with Crippen LogP contribution in [0.2, 0.25) is 0 Å². The Balaban J connectivity index is 2.16. The Labute approximate surface area is 153 Å². The molecule has 6 nitrogen and oxygen atoms in total. The quantitative estimate of drug-likeness (QED) is 0.668. The standard InChI is InChI=1S/C20H26N2O4/c1-13(2)9-19(23)25-11-17-18(12-26-20(24)10-14(3)4)22-16-8-6-5-7-15(16)21-17/h5-8,13-14H,9-12H2,1-4H3. The highest BCUT2D eigenvalue weighted by atomic mass is 16.5. The van der Waals surface area contributed by atoms with E-state index in [2.05, 4.69) is 9.97 Å². The van der Waals surface area contributed by atoms with Gasteiger partial charge >= 0.3 is 11.9 Å². The first-order chi connectivity index (χ1) is 12.3. The lowest BCUT2D eigenvalue weighted by Crippen LogP contribution is -2.13. The van der Waals surface area contributed by atoms with Gasteiger partial charge in [-0.3, -0.25) is 9.59 Å². The van der Waals surface area contributed by atoms with E-state index in [1.54, 1.807) is 0 Å². The van der Waals surface area contributed by atoms with Gasteiger partial charge in [-0.2, -0.15) is 0 Å². The Morgan fingerprint density at radius 2 is 1.19 bits per heavy atom. The van der Waals surface area contributed by atoms with Crippen LogP contribution in [0.5, 0.6) is 0 Å². The minimum atomic E-state index is -0.280. The minimum Gasteiger partial charge on any atom is -0.459 e. The van der Waals surface area contributed by atoms with Gasteiger partial charge in [0.1, 0.15) is 24.6 Å². The van der Waals surface area contributed by atoms with Crippen molar-refractivity contribution in [1.82, 2.24) is 9.97 Å². The molecule has 26 heavy (non-hydrogen) atoms. The highest BCUT2D eigenvalue weighted by molar-refractivity contribution is 5.74. The van der Waals surface area contributed by atoms with Crippen molar-refractivity contribution in [2.24, 2.45) is 11.8 Å². The van der Waals surface area contributed by atoms with E-state index in [4.69, 9.17) is 9.47 Å². The molecule has 0 unspecified atom stereocenters. The smallest absolute Gasteiger partial charge is 0.306 e. The van der Waals surface area contributed by atoms with Gasteiger partial charge in [-0.05, 0) is 24.0 Å². The Kier molecular flexibility index (Phi) is 7.06. The normalized spacial score (nSPS) is 11.2. The van der Waals surface area contributed by atoms with Crippen LogP contribution in [0.25, 0.3) is 11.0 Å². The summed E-state index contributed by atoms with van der Waals surface area (Å²) in [6, 6.07) is 7.43. The molecule has 140 valence electrons. The lowest BCUT2D eigenvalue weighted by molar-refractivity contribution is -0.147. The zero-order chi connectivity index (χ0) is 19.1. The minimum absolute atomic E-state index is 0.0143. The van der Waals surface area contributed by atoms with E-state index in [0.717, 1.165) is 0 Å². The molecule has 0 saturated heterocycles. The molecule has 0 atom stereocenters. The maximum Gasteiger partial charge on any atom is 0.306 e. The fourth-order valence-corrected chi connectivity index (χ4v) is 2.39. The molecule has 0 fully saturated rings. The number of aromatic nitrogens is 2. The second kappa shape index (κ2) is 9.27. The van der Waals surface area contributed by atoms with Crippen molar-refractivity contribution >= 4 is 23.0 Å². The molecule has 2 rings (SSSR count). The number of esters is 2. The number of fused-ring (bicyclic) bond motifs is 1. The second-order valence-electron chi connectivity index (χ2n) is 7.12. The molecule has 0 radical (unpaired) electrons. The van der Waals surface area contributed by atoms with E-state index in [1.165, 1.54) is 0 Å². The molecule has 0 bridgehead atoms. The first kappa shape index (κ1) is 19.8. The molecule has 0 aliphatic heterocycles. The van der Waals surface area contributed by atoms with E-state index in [-0.39, 0.29) is 37.0 Å². The van der Waals surface area contributed by atoms with Crippen LogP contribution in [0.1, 0.15) is 51.9 Å². The highest BCUT2D eigenvalue weighted by Crippen LogP contribution is 2.16. The number of hydrogen-bond acceptors (Lipinski definition) is 6. The van der Waals surface area contributed by atoms with E-state index in [1.807, 2.05) is 52.0 Å². The fourth-order valence-electron chi connectivity index (χ4n) is 2.39. The number of carbonyl (C=O) groups is 2. The first-order valence-corrected chi connectivity index (χ1v) is 8.91. The van der Waals surface area contributed by atoms with Gasteiger partial charge in [-0.1, -0.05) is 39.8 Å². The van der Waals surface area contributed by atoms with Crippen molar-refractivity contribution in [2.75, 3.05) is 0 Å². The summed E-state index contributed by atoms with van der Waals surface area (Å²) in [5.41, 5.74) is 2.44. The van der Waals surface area contributed by atoms with Crippen LogP contribution in [-0.2, 0) is 32.3 Å². The summed E-state index contributed by atoms with van der Waals surface area (Å²) in [5, 5.41) is 0. The molecule has 0 spiro atoms. The summed E-state index contributed by atoms with van der Waals surface area (Å²) in [7, 11) is 0. The Morgan fingerprint density at radius 3 is 1.54 bits per heavy atom. The predicted octanol–water partition coefficient (Wildman–Crippen LogP) is 3.81. The average molecular weight is 358 g/mol. The number of hydrogen-bond donors (Lipinski definition) is 0. The fraction of sp³-hybridized carbons (Fsp3) is 0.500. The topological polar surface area (TPSA) is 78.4 Å². The van der Waals surface area contributed by atoms with Crippen LogP contribution >= 0.6 is 0 Å². The van der Waals surface area contributed by atoms with Gasteiger partial charge in [0.2, 0.25) is 0 Å². The Morgan fingerprint density at radius 1 is 0.808 bits per heavy atom.